The van der Waals surface area contributed by atoms with Crippen LogP contribution < -0.4 is 0 Å². The SMILES string of the molecule is c1ccc(-c2ccc(-c3nc(-c4cccc(-c5ccccc5)c4)nc(-c4c5c(cc6c7ccccc7c7ccccc7c46)sc4cc6ccccc6cc45)n3)cc2)cc1. The highest BCUT2D eigenvalue weighted by atomic mass is 32.1. The molecule has 0 N–H and O–H groups in total. The van der Waals surface area contributed by atoms with Gasteiger partial charge in [0.15, 0.2) is 17.5 Å². The standard InChI is InChI=1S/C55H33N3S/c1-3-14-34(15-4-1)36-26-28-37(29-27-36)53-56-54(41-21-13-20-38(30-41)35-16-5-2-6-17-35)58-55(57-53)52-50-45-25-12-11-23-43(45)42-22-9-10-24-44(42)46(50)33-49-51(52)47-31-39-18-7-8-19-40(39)32-48(47)59-49/h1-33H. The van der Waals surface area contributed by atoms with Crippen LogP contribution in [0.2, 0.25) is 0 Å². The van der Waals surface area contributed by atoms with E-state index in [9.17, 15) is 0 Å². The Balaban J connectivity index is 1.21. The quantitative estimate of drug-likeness (QED) is 0.164. The number of hydrogen-bond donors (Lipinski definition) is 0. The molecule has 0 aliphatic carbocycles. The van der Waals surface area contributed by atoms with E-state index < -0.39 is 0 Å². The molecule has 12 aromatic rings. The van der Waals surface area contributed by atoms with Crippen LogP contribution in [-0.4, -0.2) is 15.0 Å². The second kappa shape index (κ2) is 13.6. The van der Waals surface area contributed by atoms with Crippen molar-refractivity contribution in [3.8, 4) is 56.4 Å². The van der Waals surface area contributed by atoms with E-state index in [-0.39, 0.29) is 0 Å². The number of nitrogens with zero attached hydrogens (tertiary/aromatic N) is 3. The molecule has 0 aliphatic rings. The Hall–Kier alpha value is -7.53. The Morgan fingerprint density at radius 1 is 0.271 bits per heavy atom. The van der Waals surface area contributed by atoms with Crippen molar-refractivity contribution in [2.24, 2.45) is 0 Å². The lowest BCUT2D eigenvalue weighted by Crippen LogP contribution is -2.01. The van der Waals surface area contributed by atoms with Gasteiger partial charge in [0.1, 0.15) is 0 Å². The van der Waals surface area contributed by atoms with Gasteiger partial charge >= 0.3 is 0 Å². The average Bonchev–Trinajstić information content (AvgIpc) is 3.67. The normalized spacial score (nSPS) is 11.7. The highest BCUT2D eigenvalue weighted by Crippen LogP contribution is 2.49. The Labute approximate surface area is 344 Å². The van der Waals surface area contributed by atoms with Crippen LogP contribution in [0.3, 0.4) is 0 Å². The van der Waals surface area contributed by atoms with E-state index in [0.717, 1.165) is 38.8 Å². The highest BCUT2D eigenvalue weighted by Gasteiger charge is 2.23. The molecule has 0 unspecified atom stereocenters. The molecule has 59 heavy (non-hydrogen) atoms. The van der Waals surface area contributed by atoms with Crippen LogP contribution in [0, 0.1) is 0 Å². The fourth-order valence-corrected chi connectivity index (χ4v) is 10.1. The Morgan fingerprint density at radius 2 is 0.763 bits per heavy atom. The first kappa shape index (κ1) is 33.6. The van der Waals surface area contributed by atoms with E-state index in [1.165, 1.54) is 63.4 Å². The van der Waals surface area contributed by atoms with Crippen molar-refractivity contribution in [2.45, 2.75) is 0 Å². The third kappa shape index (κ3) is 5.60. The van der Waals surface area contributed by atoms with Crippen molar-refractivity contribution in [3.05, 3.63) is 200 Å². The van der Waals surface area contributed by atoms with Gasteiger partial charge in [-0.3, -0.25) is 0 Å². The lowest BCUT2D eigenvalue weighted by molar-refractivity contribution is 1.08. The van der Waals surface area contributed by atoms with E-state index >= 15 is 0 Å². The van der Waals surface area contributed by atoms with Crippen molar-refractivity contribution in [1.82, 2.24) is 15.0 Å². The topological polar surface area (TPSA) is 38.7 Å². The van der Waals surface area contributed by atoms with E-state index in [1.807, 2.05) is 17.4 Å². The van der Waals surface area contributed by atoms with Crippen molar-refractivity contribution in [3.63, 3.8) is 0 Å². The zero-order valence-corrected chi connectivity index (χ0v) is 32.6. The second-order valence-electron chi connectivity index (χ2n) is 15.1. The molecule has 3 nitrogen and oxygen atoms in total. The van der Waals surface area contributed by atoms with Gasteiger partial charge in [-0.2, -0.15) is 0 Å². The van der Waals surface area contributed by atoms with Gasteiger partial charge in [-0.1, -0.05) is 176 Å². The molecule has 0 spiro atoms. The van der Waals surface area contributed by atoms with Crippen molar-refractivity contribution in [2.75, 3.05) is 0 Å². The minimum atomic E-state index is 0.634. The molecule has 10 aromatic carbocycles. The minimum absolute atomic E-state index is 0.634. The van der Waals surface area contributed by atoms with Crippen LogP contribution in [-0.2, 0) is 0 Å². The van der Waals surface area contributed by atoms with Crippen LogP contribution in [0.25, 0.3) is 120 Å². The molecule has 0 bridgehead atoms. The molecule has 4 heteroatoms. The predicted octanol–water partition coefficient (Wildman–Crippen LogP) is 15.2. The molecule has 274 valence electrons. The summed E-state index contributed by atoms with van der Waals surface area (Å²) in [6.45, 7) is 0. The van der Waals surface area contributed by atoms with Gasteiger partial charge in [0.2, 0.25) is 0 Å². The van der Waals surface area contributed by atoms with E-state index in [0.29, 0.717) is 17.5 Å². The molecule has 0 aliphatic heterocycles. The third-order valence-electron chi connectivity index (χ3n) is 11.7. The summed E-state index contributed by atoms with van der Waals surface area (Å²) in [6.07, 6.45) is 0. The molecule has 12 rings (SSSR count). The number of thiophene rings is 1. The van der Waals surface area contributed by atoms with Gasteiger partial charge < -0.3 is 0 Å². The van der Waals surface area contributed by atoms with Gasteiger partial charge in [-0.15, -0.1) is 11.3 Å². The average molecular weight is 768 g/mol. The number of fused-ring (bicyclic) bond motifs is 10. The maximum Gasteiger partial charge on any atom is 0.165 e. The minimum Gasteiger partial charge on any atom is -0.208 e. The van der Waals surface area contributed by atoms with Crippen LogP contribution >= 0.6 is 11.3 Å². The second-order valence-corrected chi connectivity index (χ2v) is 16.2. The first-order valence-corrected chi connectivity index (χ1v) is 20.7. The van der Waals surface area contributed by atoms with Crippen molar-refractivity contribution < 1.29 is 0 Å². The smallest absolute Gasteiger partial charge is 0.165 e. The maximum absolute atomic E-state index is 5.52. The fourth-order valence-electron chi connectivity index (χ4n) is 8.89. The first-order chi connectivity index (χ1) is 29.2. The van der Waals surface area contributed by atoms with Crippen LogP contribution in [0.15, 0.2) is 200 Å². The number of benzene rings is 10. The molecule has 0 fully saturated rings. The van der Waals surface area contributed by atoms with Gasteiger partial charge in [0.05, 0.1) is 0 Å². The van der Waals surface area contributed by atoms with Gasteiger partial charge in [-0.25, -0.2) is 15.0 Å². The zero-order chi connectivity index (χ0) is 38.9. The number of aromatic nitrogens is 3. The largest absolute Gasteiger partial charge is 0.208 e. The van der Waals surface area contributed by atoms with E-state index in [4.69, 9.17) is 15.0 Å². The summed E-state index contributed by atoms with van der Waals surface area (Å²) in [5.41, 5.74) is 7.47. The predicted molar refractivity (Wildman–Crippen MR) is 250 cm³/mol. The summed E-state index contributed by atoms with van der Waals surface area (Å²) < 4.78 is 2.45. The third-order valence-corrected chi connectivity index (χ3v) is 12.8. The summed E-state index contributed by atoms with van der Waals surface area (Å²) in [6, 6.07) is 71.5. The fraction of sp³-hybridized carbons (Fsp3) is 0. The Bertz CT molecular complexity index is 3590. The summed E-state index contributed by atoms with van der Waals surface area (Å²) >= 11 is 1.84. The summed E-state index contributed by atoms with van der Waals surface area (Å²) in [4.78, 5) is 16.3. The molecule has 0 saturated heterocycles. The lowest BCUT2D eigenvalue weighted by atomic mass is 9.89. The van der Waals surface area contributed by atoms with Crippen molar-refractivity contribution >= 4 is 74.6 Å². The van der Waals surface area contributed by atoms with Crippen LogP contribution in [0.5, 0.6) is 0 Å². The number of rotatable bonds is 5. The molecule has 0 saturated carbocycles. The molecule has 2 heterocycles. The summed E-state index contributed by atoms with van der Waals surface area (Å²) in [5.74, 6) is 1.93. The van der Waals surface area contributed by atoms with Crippen LogP contribution in [0.4, 0.5) is 0 Å². The molecule has 0 amide bonds. The van der Waals surface area contributed by atoms with Crippen LogP contribution in [0.1, 0.15) is 0 Å². The van der Waals surface area contributed by atoms with Gasteiger partial charge in [0.25, 0.3) is 0 Å². The molecule has 0 atom stereocenters. The van der Waals surface area contributed by atoms with Gasteiger partial charge in [0, 0.05) is 42.2 Å². The molecular formula is C55H33N3S. The molecule has 2 aromatic heterocycles. The van der Waals surface area contributed by atoms with E-state index in [1.54, 1.807) is 0 Å². The summed E-state index contributed by atoms with van der Waals surface area (Å²) in [7, 11) is 0. The zero-order valence-electron chi connectivity index (χ0n) is 31.8. The maximum atomic E-state index is 5.52. The van der Waals surface area contributed by atoms with Gasteiger partial charge in [-0.05, 0) is 84.2 Å². The Kier molecular flexibility index (Phi) is 7.72. The monoisotopic (exact) mass is 767 g/mol. The van der Waals surface area contributed by atoms with Crippen molar-refractivity contribution in [1.29, 1.82) is 0 Å². The lowest BCUT2D eigenvalue weighted by Gasteiger charge is -2.16. The highest BCUT2D eigenvalue weighted by molar-refractivity contribution is 7.26. The molecular weight excluding hydrogens is 735 g/mol. The van der Waals surface area contributed by atoms with E-state index in [2.05, 4.69) is 194 Å². The summed E-state index contributed by atoms with van der Waals surface area (Å²) in [5, 5.41) is 12.0. The molecule has 0 radical (unpaired) electrons. The first-order valence-electron chi connectivity index (χ1n) is 19.9. The Morgan fingerprint density at radius 3 is 1.47 bits per heavy atom. The number of hydrogen-bond acceptors (Lipinski definition) is 4.